The third-order valence-electron chi connectivity index (χ3n) is 2.62. The maximum Gasteiger partial charge on any atom is 0.226 e. The Bertz CT molecular complexity index is 569. The van der Waals surface area contributed by atoms with Crippen LogP contribution in [-0.4, -0.2) is 17.4 Å². The van der Waals surface area contributed by atoms with Crippen LogP contribution in [0.2, 0.25) is 5.02 Å². The molecule has 0 radical (unpaired) electrons. The molecule has 18 heavy (non-hydrogen) atoms. The lowest BCUT2D eigenvalue weighted by Gasteiger charge is -2.04. The Balaban J connectivity index is 2.15. The molecule has 1 heterocycles. The average molecular weight is 263 g/mol. The van der Waals surface area contributed by atoms with Crippen LogP contribution in [0.4, 0.5) is 0 Å². The second-order valence-electron chi connectivity index (χ2n) is 4.17. The van der Waals surface area contributed by atoms with Crippen molar-refractivity contribution in [2.45, 2.75) is 19.8 Å². The lowest BCUT2D eigenvalue weighted by molar-refractivity contribution is -0.120. The molecule has 0 atom stereocenters. The second-order valence-corrected chi connectivity index (χ2v) is 4.60. The van der Waals surface area contributed by atoms with Crippen molar-refractivity contribution in [3.63, 3.8) is 0 Å². The molecule has 1 N–H and O–H groups in total. The van der Waals surface area contributed by atoms with Crippen LogP contribution in [0.15, 0.2) is 30.3 Å². The molecular formula is C14H15ClN2O. The molecule has 0 aliphatic rings. The highest BCUT2D eigenvalue weighted by Crippen LogP contribution is 2.18. The second kappa shape index (κ2) is 5.83. The molecule has 0 bridgehead atoms. The number of hydrogen-bond acceptors (Lipinski definition) is 2. The Morgan fingerprint density at radius 2 is 2.17 bits per heavy atom. The van der Waals surface area contributed by atoms with E-state index in [0.29, 0.717) is 18.0 Å². The molecule has 1 aromatic heterocycles. The number of benzene rings is 1. The molecule has 1 aromatic carbocycles. The number of rotatable bonds is 4. The minimum atomic E-state index is 0.0117. The molecule has 94 valence electrons. The van der Waals surface area contributed by atoms with Gasteiger partial charge >= 0.3 is 0 Å². The third kappa shape index (κ3) is 3.20. The van der Waals surface area contributed by atoms with E-state index in [0.717, 1.165) is 23.0 Å². The van der Waals surface area contributed by atoms with Crippen LogP contribution in [-0.2, 0) is 11.2 Å². The summed E-state index contributed by atoms with van der Waals surface area (Å²) in [5.41, 5.74) is 1.64. The highest BCUT2D eigenvalue weighted by Gasteiger charge is 2.05. The van der Waals surface area contributed by atoms with Gasteiger partial charge in [-0.15, -0.1) is 0 Å². The standard InChI is InChI=1S/C14H15ClN2O/c1-2-7-16-14(18)9-12-5-3-10-8-11(15)4-6-13(10)17-12/h3-6,8H,2,7,9H2,1H3,(H,16,18). The Hall–Kier alpha value is -1.61. The monoisotopic (exact) mass is 262 g/mol. The first-order chi connectivity index (χ1) is 8.69. The molecule has 0 aliphatic carbocycles. The molecule has 2 aromatic rings. The minimum absolute atomic E-state index is 0.0117. The summed E-state index contributed by atoms with van der Waals surface area (Å²) in [4.78, 5) is 16.0. The molecule has 3 nitrogen and oxygen atoms in total. The van der Waals surface area contributed by atoms with E-state index < -0.39 is 0 Å². The number of hydrogen-bond donors (Lipinski definition) is 1. The van der Waals surface area contributed by atoms with Gasteiger partial charge in [-0.2, -0.15) is 0 Å². The van der Waals surface area contributed by atoms with E-state index in [1.165, 1.54) is 0 Å². The van der Waals surface area contributed by atoms with Crippen LogP contribution < -0.4 is 5.32 Å². The lowest BCUT2D eigenvalue weighted by Crippen LogP contribution is -2.25. The van der Waals surface area contributed by atoms with Gasteiger partial charge in [-0.3, -0.25) is 9.78 Å². The number of carbonyl (C=O) groups excluding carboxylic acids is 1. The Morgan fingerprint density at radius 1 is 1.33 bits per heavy atom. The predicted molar refractivity (Wildman–Crippen MR) is 73.8 cm³/mol. The molecular weight excluding hydrogens is 248 g/mol. The van der Waals surface area contributed by atoms with Crippen LogP contribution in [0.3, 0.4) is 0 Å². The summed E-state index contributed by atoms with van der Waals surface area (Å²) in [6.45, 7) is 2.74. The Kier molecular flexibility index (Phi) is 4.15. The molecule has 0 aliphatic heterocycles. The predicted octanol–water partition coefficient (Wildman–Crippen LogP) is 2.96. The highest BCUT2D eigenvalue weighted by atomic mass is 35.5. The molecule has 0 saturated heterocycles. The smallest absolute Gasteiger partial charge is 0.226 e. The van der Waals surface area contributed by atoms with Gasteiger partial charge in [0.1, 0.15) is 0 Å². The number of amides is 1. The fourth-order valence-corrected chi connectivity index (χ4v) is 1.91. The van der Waals surface area contributed by atoms with Crippen LogP contribution >= 0.6 is 11.6 Å². The van der Waals surface area contributed by atoms with Gasteiger partial charge in [-0.25, -0.2) is 0 Å². The zero-order valence-electron chi connectivity index (χ0n) is 10.2. The molecule has 0 fully saturated rings. The van der Waals surface area contributed by atoms with Crippen LogP contribution in [0.1, 0.15) is 19.0 Å². The summed E-state index contributed by atoms with van der Waals surface area (Å²) in [5.74, 6) is 0.0117. The Labute approximate surface area is 111 Å². The van der Waals surface area contributed by atoms with Crippen molar-refractivity contribution in [2.75, 3.05) is 6.54 Å². The zero-order chi connectivity index (χ0) is 13.0. The van der Waals surface area contributed by atoms with Crippen molar-refractivity contribution in [3.8, 4) is 0 Å². The SMILES string of the molecule is CCCNC(=O)Cc1ccc2cc(Cl)ccc2n1. The van der Waals surface area contributed by atoms with Gasteiger partial charge in [0.15, 0.2) is 0 Å². The number of carbonyl (C=O) groups is 1. The average Bonchev–Trinajstić information content (AvgIpc) is 2.36. The minimum Gasteiger partial charge on any atom is -0.356 e. The van der Waals surface area contributed by atoms with E-state index in [4.69, 9.17) is 11.6 Å². The number of fused-ring (bicyclic) bond motifs is 1. The summed E-state index contributed by atoms with van der Waals surface area (Å²) in [6, 6.07) is 9.34. The lowest BCUT2D eigenvalue weighted by atomic mass is 10.2. The van der Waals surface area contributed by atoms with Crippen LogP contribution in [0.25, 0.3) is 10.9 Å². The van der Waals surface area contributed by atoms with Crippen molar-refractivity contribution in [2.24, 2.45) is 0 Å². The van der Waals surface area contributed by atoms with E-state index in [1.807, 2.05) is 31.2 Å². The highest BCUT2D eigenvalue weighted by molar-refractivity contribution is 6.31. The zero-order valence-corrected chi connectivity index (χ0v) is 11.0. The van der Waals surface area contributed by atoms with E-state index >= 15 is 0 Å². The molecule has 1 amide bonds. The van der Waals surface area contributed by atoms with Crippen LogP contribution in [0.5, 0.6) is 0 Å². The molecule has 0 saturated carbocycles. The Morgan fingerprint density at radius 3 is 2.94 bits per heavy atom. The van der Waals surface area contributed by atoms with Gasteiger partial charge in [-0.1, -0.05) is 24.6 Å². The maximum absolute atomic E-state index is 11.6. The number of pyridine rings is 1. The van der Waals surface area contributed by atoms with Crippen molar-refractivity contribution >= 4 is 28.4 Å². The number of nitrogens with one attached hydrogen (secondary N) is 1. The largest absolute Gasteiger partial charge is 0.356 e. The van der Waals surface area contributed by atoms with Gasteiger partial charge < -0.3 is 5.32 Å². The van der Waals surface area contributed by atoms with Crippen molar-refractivity contribution in [1.29, 1.82) is 0 Å². The summed E-state index contributed by atoms with van der Waals surface area (Å²) < 4.78 is 0. The van der Waals surface area contributed by atoms with E-state index in [9.17, 15) is 4.79 Å². The first-order valence-electron chi connectivity index (χ1n) is 6.01. The van der Waals surface area contributed by atoms with Crippen molar-refractivity contribution in [1.82, 2.24) is 10.3 Å². The number of aromatic nitrogens is 1. The van der Waals surface area contributed by atoms with Crippen LogP contribution in [0, 0.1) is 0 Å². The summed E-state index contributed by atoms with van der Waals surface area (Å²) in [7, 11) is 0. The van der Waals surface area contributed by atoms with Gasteiger partial charge in [0, 0.05) is 17.0 Å². The molecule has 0 spiro atoms. The van der Waals surface area contributed by atoms with E-state index in [-0.39, 0.29) is 5.91 Å². The first kappa shape index (κ1) is 12.8. The number of nitrogens with zero attached hydrogens (tertiary/aromatic N) is 1. The van der Waals surface area contributed by atoms with E-state index in [1.54, 1.807) is 6.07 Å². The van der Waals surface area contributed by atoms with Gasteiger partial charge in [0.2, 0.25) is 5.91 Å². The molecule has 4 heteroatoms. The van der Waals surface area contributed by atoms with Crippen molar-refractivity contribution in [3.05, 3.63) is 41.0 Å². The molecule has 0 unspecified atom stereocenters. The topological polar surface area (TPSA) is 42.0 Å². The quantitative estimate of drug-likeness (QED) is 0.920. The molecule has 2 rings (SSSR count). The fraction of sp³-hybridized carbons (Fsp3) is 0.286. The maximum atomic E-state index is 11.6. The summed E-state index contributed by atoms with van der Waals surface area (Å²) in [5, 5.41) is 4.52. The van der Waals surface area contributed by atoms with Gasteiger partial charge in [0.25, 0.3) is 0 Å². The van der Waals surface area contributed by atoms with E-state index in [2.05, 4.69) is 10.3 Å². The fourth-order valence-electron chi connectivity index (χ4n) is 1.73. The third-order valence-corrected chi connectivity index (χ3v) is 2.86. The number of halogens is 1. The van der Waals surface area contributed by atoms with Crippen molar-refractivity contribution < 1.29 is 4.79 Å². The summed E-state index contributed by atoms with van der Waals surface area (Å²) >= 11 is 5.91. The first-order valence-corrected chi connectivity index (χ1v) is 6.38. The summed E-state index contributed by atoms with van der Waals surface area (Å²) in [6.07, 6.45) is 1.26. The van der Waals surface area contributed by atoms with Gasteiger partial charge in [0.05, 0.1) is 17.6 Å². The van der Waals surface area contributed by atoms with Gasteiger partial charge in [-0.05, 0) is 30.7 Å². The normalized spacial score (nSPS) is 10.6.